The van der Waals surface area contributed by atoms with Gasteiger partial charge in [0, 0.05) is 61.9 Å². The summed E-state index contributed by atoms with van der Waals surface area (Å²) < 4.78 is 43.9. The minimum atomic E-state index is -4.78. The third-order valence-corrected chi connectivity index (χ3v) is 29.2. The molecule has 0 saturated carbocycles. The van der Waals surface area contributed by atoms with E-state index >= 15 is 0 Å². The van der Waals surface area contributed by atoms with Crippen LogP contribution < -0.4 is 19.4 Å². The van der Waals surface area contributed by atoms with Crippen LogP contribution in [-0.2, 0) is 16.2 Å². The van der Waals surface area contributed by atoms with Crippen molar-refractivity contribution in [2.45, 2.75) is 36.5 Å². The minimum Gasteiger partial charge on any atom is -0.406 e. The van der Waals surface area contributed by atoms with Crippen LogP contribution in [0.3, 0.4) is 0 Å². The molecule has 0 saturated heterocycles. The van der Waals surface area contributed by atoms with E-state index in [-0.39, 0.29) is 16.6 Å². The summed E-state index contributed by atoms with van der Waals surface area (Å²) in [5.41, 5.74) is 42.0. The molecule has 0 radical (unpaired) electrons. The van der Waals surface area contributed by atoms with Gasteiger partial charge in [-0.15, -0.1) is 13.2 Å². The van der Waals surface area contributed by atoms with Crippen molar-refractivity contribution in [3.8, 4) is 106 Å². The van der Waals surface area contributed by atoms with Crippen LogP contribution in [0.4, 0.5) is 64.4 Å². The predicted molar refractivity (Wildman–Crippen MR) is 595 cm³/mol. The summed E-state index contributed by atoms with van der Waals surface area (Å²) in [5.74, 6) is -0.257. The molecule has 0 amide bonds. The van der Waals surface area contributed by atoms with Crippen molar-refractivity contribution in [3.63, 3.8) is 0 Å². The number of anilines is 9. The highest BCUT2D eigenvalue weighted by Gasteiger charge is 2.48. The Kier molecular flexibility index (Phi) is 24.5. The van der Waals surface area contributed by atoms with Crippen molar-refractivity contribution in [1.29, 1.82) is 0 Å². The Balaban J connectivity index is 0.000000121. The molecule has 0 spiro atoms. The first-order chi connectivity index (χ1) is 71.3. The maximum Gasteiger partial charge on any atom is 0.573 e. The quantitative estimate of drug-likeness (QED) is 0.0757. The number of ether oxygens (including phenoxy) is 1. The predicted octanol–water partition coefficient (Wildman–Crippen LogP) is 37.4. The lowest BCUT2D eigenvalue weighted by atomic mass is 9.67. The van der Waals surface area contributed by atoms with Crippen LogP contribution in [0.25, 0.3) is 100 Å². The Morgan fingerprint density at radius 2 is 0.421 bits per heavy atom. The van der Waals surface area contributed by atoms with Crippen LogP contribution in [0.5, 0.6) is 5.75 Å². The van der Waals surface area contributed by atoms with Crippen molar-refractivity contribution in [1.82, 2.24) is 0 Å². The van der Waals surface area contributed by atoms with Crippen molar-refractivity contribution in [2.75, 3.05) is 14.7 Å². The third-order valence-electron chi connectivity index (χ3n) is 29.2. The van der Waals surface area contributed by atoms with Crippen molar-refractivity contribution >= 4 is 51.2 Å². The van der Waals surface area contributed by atoms with Gasteiger partial charge in [-0.25, -0.2) is 0 Å². The summed E-state index contributed by atoms with van der Waals surface area (Å²) in [6, 6.07) is 201. The lowest BCUT2D eigenvalue weighted by Crippen LogP contribution is -2.28. The summed E-state index contributed by atoms with van der Waals surface area (Å²) in [5, 5.41) is 0. The second-order valence-electron chi connectivity index (χ2n) is 37.5. The average Bonchev–Trinajstić information content (AvgIpc) is 1.53. The summed E-state index contributed by atoms with van der Waals surface area (Å²) >= 11 is 0. The Morgan fingerprint density at radius 1 is 0.172 bits per heavy atom. The molecule has 22 aromatic rings. The van der Waals surface area contributed by atoms with E-state index in [0.29, 0.717) is 0 Å². The SMILES string of the molecule is CC1(c2ccccc2)c2ccccc2-c2cc(N(c3ccc(-c4ccccc4)cc3)c3ccc(-c4ccccc4)cc3)ccc21.CC1(c2ccccc2)c2ccccc2-c2cc(N(c3ccc(-c4ccccc4)cc3)c3cccc(-c4ccccc4)c3)ccc21.FC(F)(F)Oc1ccc(C2(c3ccccc3)c3ccccc3-c3cc(N(c4ccc(-c5ccccc5)cc4)c4ccccc4-c4ccccc4)ccc32)cc1. The van der Waals surface area contributed by atoms with E-state index in [4.69, 9.17) is 0 Å². The largest absolute Gasteiger partial charge is 0.573 e. The highest BCUT2D eigenvalue weighted by Crippen LogP contribution is 2.60. The van der Waals surface area contributed by atoms with Gasteiger partial charge < -0.3 is 19.4 Å². The van der Waals surface area contributed by atoms with Crippen LogP contribution in [0, 0.1) is 0 Å². The molecule has 145 heavy (non-hydrogen) atoms. The van der Waals surface area contributed by atoms with Gasteiger partial charge in [0.15, 0.2) is 0 Å². The van der Waals surface area contributed by atoms with E-state index in [9.17, 15) is 13.2 Å². The molecule has 0 N–H and O–H groups in total. The van der Waals surface area contributed by atoms with Crippen LogP contribution >= 0.6 is 0 Å². The summed E-state index contributed by atoms with van der Waals surface area (Å²) in [7, 11) is 0. The van der Waals surface area contributed by atoms with Crippen molar-refractivity contribution in [2.24, 2.45) is 0 Å². The van der Waals surface area contributed by atoms with Gasteiger partial charge in [0.05, 0.1) is 11.1 Å². The minimum absolute atomic E-state index is 0.217. The van der Waals surface area contributed by atoms with Crippen molar-refractivity contribution in [3.05, 3.63) is 626 Å². The zero-order valence-corrected chi connectivity index (χ0v) is 80.2. The number of alkyl halides is 3. The Morgan fingerprint density at radius 3 is 0.814 bits per heavy atom. The number of benzene rings is 22. The molecule has 0 bridgehead atoms. The Labute approximate surface area is 846 Å². The number of rotatable bonds is 20. The fourth-order valence-electron chi connectivity index (χ4n) is 22.3. The maximum absolute atomic E-state index is 13.2. The van der Waals surface area contributed by atoms with Gasteiger partial charge in [-0.05, 0) is 279 Å². The highest BCUT2D eigenvalue weighted by molar-refractivity contribution is 5.96. The molecular formula is C138H100F3N3O. The molecule has 0 aliphatic heterocycles. The molecule has 0 fully saturated rings. The van der Waals surface area contributed by atoms with E-state index in [1.165, 1.54) is 112 Å². The number of nitrogens with zero attached hydrogens (tertiary/aromatic N) is 3. The smallest absolute Gasteiger partial charge is 0.406 e. The number of hydrogen-bond acceptors (Lipinski definition) is 4. The molecule has 7 heteroatoms. The molecule has 694 valence electrons. The van der Waals surface area contributed by atoms with E-state index in [0.717, 1.165) is 107 Å². The normalized spacial score (nSPS) is 14.7. The fraction of sp³-hybridized carbons (Fsp3) is 0.0435. The lowest BCUT2D eigenvalue weighted by Gasteiger charge is -2.34. The zero-order valence-electron chi connectivity index (χ0n) is 80.2. The average molecular weight is 1870 g/mol. The van der Waals surface area contributed by atoms with Crippen molar-refractivity contribution < 1.29 is 17.9 Å². The van der Waals surface area contributed by atoms with E-state index in [1.54, 1.807) is 12.1 Å². The number of halogens is 3. The van der Waals surface area contributed by atoms with Crippen LogP contribution in [0.2, 0.25) is 0 Å². The van der Waals surface area contributed by atoms with Gasteiger partial charge in [0.25, 0.3) is 0 Å². The standard InChI is InChI=1S/C50H34F3NO.2C44H33N/c51-50(52,53)55-42-31-26-39(27-32-42)49(38-18-8-3-9-19-38)46-22-12-10-21-44(46)45-34-41(30-33-47(45)49)54(40-28-24-36(25-29-40)35-14-4-1-5-15-35)48-23-13-11-20-43(48)37-16-6-2-7-17-37;1-44(36-19-9-4-10-20-36)42-23-12-11-22-40(42)41-31-39(28-29-43(41)44)45(37-26-24-34(25-27-37)32-14-5-2-6-15-32)38-21-13-18-35(30-38)33-16-7-3-8-17-33;1-44(36-17-9-4-10-18-36)42-20-12-11-19-40(42)41-31-39(29-30-43(41)44)45(37-25-21-34(22-26-37)32-13-5-2-6-14-32)38-27-23-35(24-28-38)33-15-7-3-8-16-33/h1-34H;2*2-31H,1H3. The first-order valence-electron chi connectivity index (χ1n) is 49.4. The molecule has 0 heterocycles. The first-order valence-corrected chi connectivity index (χ1v) is 49.4. The van der Waals surface area contributed by atoms with Gasteiger partial charge in [-0.2, -0.15) is 0 Å². The number of para-hydroxylation sites is 1. The molecule has 3 unspecified atom stereocenters. The molecule has 3 aliphatic carbocycles. The molecule has 0 aromatic heterocycles. The number of hydrogen-bond donors (Lipinski definition) is 0. The maximum atomic E-state index is 13.2. The van der Waals surface area contributed by atoms with Crippen LogP contribution in [0.1, 0.15) is 69.5 Å². The molecule has 22 aromatic carbocycles. The second-order valence-corrected chi connectivity index (χ2v) is 37.5. The van der Waals surface area contributed by atoms with Crippen LogP contribution in [0.15, 0.2) is 570 Å². The summed E-state index contributed by atoms with van der Waals surface area (Å²) in [4.78, 5) is 7.08. The van der Waals surface area contributed by atoms with E-state index < -0.39 is 11.8 Å². The van der Waals surface area contributed by atoms with Crippen LogP contribution in [-0.4, -0.2) is 6.36 Å². The summed E-state index contributed by atoms with van der Waals surface area (Å²) in [6.45, 7) is 4.74. The van der Waals surface area contributed by atoms with Gasteiger partial charge in [0.2, 0.25) is 0 Å². The Hall–Kier alpha value is -18.2. The number of fused-ring (bicyclic) bond motifs is 9. The highest BCUT2D eigenvalue weighted by atomic mass is 19.4. The lowest BCUT2D eigenvalue weighted by molar-refractivity contribution is -0.274. The molecule has 3 atom stereocenters. The summed E-state index contributed by atoms with van der Waals surface area (Å²) in [6.07, 6.45) is -4.78. The first kappa shape index (κ1) is 90.7. The van der Waals surface area contributed by atoms with Gasteiger partial charge in [0.1, 0.15) is 5.75 Å². The van der Waals surface area contributed by atoms with E-state index in [2.05, 4.69) is 525 Å². The molecular weight excluding hydrogens is 1770 g/mol. The van der Waals surface area contributed by atoms with Gasteiger partial charge in [-0.1, -0.05) is 455 Å². The zero-order chi connectivity index (χ0) is 97.8. The fourth-order valence-corrected chi connectivity index (χ4v) is 22.3. The molecule has 25 rings (SSSR count). The van der Waals surface area contributed by atoms with E-state index in [1.807, 2.05) is 54.6 Å². The molecule has 3 aliphatic rings. The van der Waals surface area contributed by atoms with Gasteiger partial charge >= 0.3 is 6.36 Å². The third kappa shape index (κ3) is 17.3. The Bertz CT molecular complexity index is 8250. The second kappa shape index (κ2) is 39.1. The van der Waals surface area contributed by atoms with Gasteiger partial charge in [-0.3, -0.25) is 0 Å². The monoisotopic (exact) mass is 1870 g/mol. The molecule has 4 nitrogen and oxygen atoms in total. The topological polar surface area (TPSA) is 19.0 Å².